The Bertz CT molecular complexity index is 524. The zero-order valence-corrected chi connectivity index (χ0v) is 15.4. The third-order valence-electron chi connectivity index (χ3n) is 5.28. The topological polar surface area (TPSA) is 26.3 Å². The third-order valence-corrected chi connectivity index (χ3v) is 5.28. The number of rotatable bonds is 5. The van der Waals surface area contributed by atoms with Gasteiger partial charge in [-0.3, -0.25) is 0 Å². The van der Waals surface area contributed by atoms with Crippen molar-refractivity contribution in [3.8, 4) is 0 Å². The van der Waals surface area contributed by atoms with Crippen molar-refractivity contribution in [1.82, 2.24) is 0 Å². The maximum Gasteiger partial charge on any atom is 0.339 e. The van der Waals surface area contributed by atoms with E-state index in [1.165, 1.54) is 32.1 Å². The molecule has 3 heteroatoms. The normalized spacial score (nSPS) is 17.8. The Balaban J connectivity index is 1.98. The van der Waals surface area contributed by atoms with Crippen LogP contribution < -0.4 is 0 Å². The van der Waals surface area contributed by atoms with Gasteiger partial charge in [-0.15, -0.1) is 0 Å². The van der Waals surface area contributed by atoms with Crippen molar-refractivity contribution in [3.05, 3.63) is 34.9 Å². The molecule has 23 heavy (non-hydrogen) atoms. The lowest BCUT2D eigenvalue weighted by molar-refractivity contribution is -0.918. The van der Waals surface area contributed by atoms with Gasteiger partial charge in [0.15, 0.2) is 0 Å². The molecule has 1 atom stereocenters. The van der Waals surface area contributed by atoms with E-state index >= 15 is 0 Å². The Morgan fingerprint density at radius 1 is 1.17 bits per heavy atom. The van der Waals surface area contributed by atoms with Gasteiger partial charge in [0.05, 0.1) is 25.7 Å². The van der Waals surface area contributed by atoms with Crippen LogP contribution in [-0.2, 0) is 4.74 Å². The first-order valence-corrected chi connectivity index (χ1v) is 8.91. The minimum Gasteiger partial charge on any atom is -0.453 e. The first-order valence-electron chi connectivity index (χ1n) is 8.91. The van der Waals surface area contributed by atoms with E-state index in [2.05, 4.69) is 14.1 Å². The second-order valence-corrected chi connectivity index (χ2v) is 7.74. The van der Waals surface area contributed by atoms with E-state index in [-0.39, 0.29) is 12.1 Å². The second-order valence-electron chi connectivity index (χ2n) is 7.74. The average molecular weight is 318 g/mol. The van der Waals surface area contributed by atoms with Gasteiger partial charge in [0.2, 0.25) is 0 Å². The van der Waals surface area contributed by atoms with E-state index in [1.54, 1.807) is 0 Å². The van der Waals surface area contributed by atoms with Gasteiger partial charge in [0.25, 0.3) is 0 Å². The monoisotopic (exact) mass is 318 g/mol. The highest BCUT2D eigenvalue weighted by Gasteiger charge is 2.32. The van der Waals surface area contributed by atoms with E-state index in [9.17, 15) is 4.79 Å². The second kappa shape index (κ2) is 7.48. The lowest BCUT2D eigenvalue weighted by Gasteiger charge is -2.41. The molecule has 1 aromatic carbocycles. The summed E-state index contributed by atoms with van der Waals surface area (Å²) in [6, 6.07) is 6.62. The molecule has 0 radical (unpaired) electrons. The predicted octanol–water partition coefficient (Wildman–Crippen LogP) is 4.26. The van der Waals surface area contributed by atoms with Crippen molar-refractivity contribution in [2.75, 3.05) is 20.6 Å². The van der Waals surface area contributed by atoms with Gasteiger partial charge in [-0.05, 0) is 57.6 Å². The average Bonchev–Trinajstić information content (AvgIpc) is 2.47. The fourth-order valence-corrected chi connectivity index (χ4v) is 4.01. The smallest absolute Gasteiger partial charge is 0.339 e. The van der Waals surface area contributed by atoms with Gasteiger partial charge >= 0.3 is 5.97 Å². The largest absolute Gasteiger partial charge is 0.453 e. The quantitative estimate of drug-likeness (QED) is 0.599. The van der Waals surface area contributed by atoms with Gasteiger partial charge in [0, 0.05) is 0 Å². The first kappa shape index (κ1) is 18.0. The third kappa shape index (κ3) is 4.57. The van der Waals surface area contributed by atoms with E-state index < -0.39 is 0 Å². The summed E-state index contributed by atoms with van der Waals surface area (Å²) < 4.78 is 6.72. The van der Waals surface area contributed by atoms with E-state index in [0.717, 1.165) is 27.7 Å². The highest BCUT2D eigenvalue weighted by molar-refractivity contribution is 5.92. The Hall–Kier alpha value is -1.35. The number of carbonyl (C=O) groups excluding carboxylic acids is 1. The van der Waals surface area contributed by atoms with Crippen LogP contribution in [0.3, 0.4) is 0 Å². The molecule has 1 saturated carbocycles. The number of carbonyl (C=O) groups is 1. The summed E-state index contributed by atoms with van der Waals surface area (Å²) in [6.07, 6.45) is 6.56. The number of ether oxygens (including phenoxy) is 1. The van der Waals surface area contributed by atoms with E-state index in [0.29, 0.717) is 6.04 Å². The van der Waals surface area contributed by atoms with Gasteiger partial charge < -0.3 is 9.22 Å². The molecular weight excluding hydrogens is 286 g/mol. The van der Waals surface area contributed by atoms with Gasteiger partial charge in [0.1, 0.15) is 12.6 Å². The zero-order chi connectivity index (χ0) is 17.0. The molecular formula is C20H32NO2+. The van der Waals surface area contributed by atoms with Crippen LogP contribution in [-0.4, -0.2) is 43.2 Å². The molecule has 0 aromatic heterocycles. The fraction of sp³-hybridized carbons (Fsp3) is 0.650. The van der Waals surface area contributed by atoms with Gasteiger partial charge in [-0.2, -0.15) is 0 Å². The molecule has 0 bridgehead atoms. The van der Waals surface area contributed by atoms with Crippen LogP contribution in [0.15, 0.2) is 18.2 Å². The predicted molar refractivity (Wildman–Crippen MR) is 94.6 cm³/mol. The Labute approximate surface area is 141 Å². The van der Waals surface area contributed by atoms with Crippen LogP contribution in [0.25, 0.3) is 0 Å². The van der Waals surface area contributed by atoms with Crippen molar-refractivity contribution < 1.29 is 14.0 Å². The summed E-state index contributed by atoms with van der Waals surface area (Å²) in [5.74, 6) is -0.184. The number of hydrogen-bond donors (Lipinski definition) is 0. The van der Waals surface area contributed by atoms with Gasteiger partial charge in [-0.25, -0.2) is 4.79 Å². The van der Waals surface area contributed by atoms with Crippen LogP contribution in [0.5, 0.6) is 0 Å². The molecule has 2 rings (SSSR count). The summed E-state index contributed by atoms with van der Waals surface area (Å²) in [4.78, 5) is 12.5. The molecule has 1 aromatic rings. The highest BCUT2D eigenvalue weighted by atomic mass is 16.5. The number of nitrogens with zero attached hydrogens (tertiary/aromatic N) is 1. The standard InChI is InChI=1S/C20H32NO2/c1-15-10-9-11-16(2)19(15)20(22)23-17(3)14-21(4,5)18-12-7-6-8-13-18/h9-11,17-18H,6-8,12-14H2,1-5H3/q+1. The minimum atomic E-state index is -0.184. The van der Waals surface area contributed by atoms with Crippen molar-refractivity contribution in [1.29, 1.82) is 0 Å². The molecule has 0 saturated heterocycles. The number of benzene rings is 1. The Morgan fingerprint density at radius 2 is 1.74 bits per heavy atom. The number of hydrogen-bond acceptors (Lipinski definition) is 2. The summed E-state index contributed by atoms with van der Waals surface area (Å²) in [5.41, 5.74) is 2.70. The van der Waals surface area contributed by atoms with Crippen LogP contribution >= 0.6 is 0 Å². The Morgan fingerprint density at radius 3 is 2.30 bits per heavy atom. The number of likely N-dealkylation sites (N-methyl/N-ethyl adjacent to an activating group) is 1. The van der Waals surface area contributed by atoms with Gasteiger partial charge in [-0.1, -0.05) is 24.6 Å². The molecule has 1 unspecified atom stereocenters. The summed E-state index contributed by atoms with van der Waals surface area (Å²) in [6.45, 7) is 6.84. The number of aryl methyl sites for hydroxylation is 2. The highest BCUT2D eigenvalue weighted by Crippen LogP contribution is 2.26. The molecule has 0 N–H and O–H groups in total. The maximum absolute atomic E-state index is 12.5. The van der Waals surface area contributed by atoms with E-state index in [1.807, 2.05) is 39.0 Å². The summed E-state index contributed by atoms with van der Waals surface area (Å²) >= 11 is 0. The molecule has 0 amide bonds. The van der Waals surface area contributed by atoms with Crippen LogP contribution in [0.2, 0.25) is 0 Å². The molecule has 1 aliphatic rings. The first-order chi connectivity index (χ1) is 10.8. The van der Waals surface area contributed by atoms with Crippen LogP contribution in [0, 0.1) is 13.8 Å². The zero-order valence-electron chi connectivity index (χ0n) is 15.4. The molecule has 0 heterocycles. The maximum atomic E-state index is 12.5. The van der Waals surface area contributed by atoms with Crippen molar-refractivity contribution in [2.45, 2.75) is 65.0 Å². The molecule has 3 nitrogen and oxygen atoms in total. The number of quaternary nitrogens is 1. The molecule has 128 valence electrons. The Kier molecular flexibility index (Phi) is 5.85. The van der Waals surface area contributed by atoms with Crippen LogP contribution in [0.1, 0.15) is 60.5 Å². The summed E-state index contributed by atoms with van der Waals surface area (Å²) in [7, 11) is 4.55. The molecule has 0 aliphatic heterocycles. The summed E-state index contributed by atoms with van der Waals surface area (Å²) in [5, 5.41) is 0. The minimum absolute atomic E-state index is 0.0709. The van der Waals surface area contributed by atoms with Crippen molar-refractivity contribution >= 4 is 5.97 Å². The fourth-order valence-electron chi connectivity index (χ4n) is 4.01. The number of esters is 1. The lowest BCUT2D eigenvalue weighted by atomic mass is 9.93. The van der Waals surface area contributed by atoms with Crippen LogP contribution in [0.4, 0.5) is 0 Å². The lowest BCUT2D eigenvalue weighted by Crippen LogP contribution is -2.53. The molecule has 1 fully saturated rings. The molecule has 0 spiro atoms. The SMILES string of the molecule is Cc1cccc(C)c1C(=O)OC(C)C[N+](C)(C)C1CCCCC1. The van der Waals surface area contributed by atoms with Crippen molar-refractivity contribution in [2.24, 2.45) is 0 Å². The van der Waals surface area contributed by atoms with Crippen molar-refractivity contribution in [3.63, 3.8) is 0 Å². The molecule has 1 aliphatic carbocycles. The van der Waals surface area contributed by atoms with E-state index in [4.69, 9.17) is 4.74 Å².